The van der Waals surface area contributed by atoms with Crippen LogP contribution in [0.4, 0.5) is 0 Å². The summed E-state index contributed by atoms with van der Waals surface area (Å²) in [5.41, 5.74) is 5.41. The van der Waals surface area contributed by atoms with Crippen LogP contribution >= 0.6 is 0 Å². The maximum atomic E-state index is 8.68. The van der Waals surface area contributed by atoms with Gasteiger partial charge in [0.2, 0.25) is 0 Å². The molecule has 0 atom stereocenters. The number of unbranched alkanes of at least 4 members (excludes halogenated alkanes) is 2. The fourth-order valence-corrected chi connectivity index (χ4v) is 1.38. The van der Waals surface area contributed by atoms with Gasteiger partial charge in [0, 0.05) is 13.2 Å². The van der Waals surface area contributed by atoms with E-state index in [0.29, 0.717) is 6.61 Å². The van der Waals surface area contributed by atoms with Crippen molar-refractivity contribution in [2.45, 2.75) is 32.6 Å². The fourth-order valence-electron chi connectivity index (χ4n) is 1.38. The highest BCUT2D eigenvalue weighted by Gasteiger charge is 2.00. The van der Waals surface area contributed by atoms with Gasteiger partial charge in [-0.1, -0.05) is 13.3 Å². The Balaban J connectivity index is 3.25. The van der Waals surface area contributed by atoms with E-state index in [0.717, 1.165) is 39.0 Å². The molecular weight excluding hydrogens is 164 g/mol. The highest BCUT2D eigenvalue weighted by Crippen LogP contribution is 1.98. The average molecular weight is 188 g/mol. The average Bonchev–Trinajstić information content (AvgIpc) is 2.17. The summed E-state index contributed by atoms with van der Waals surface area (Å²) in [6.07, 6.45) is 4.49. The lowest BCUT2D eigenvalue weighted by atomic mass is 10.2. The molecule has 0 unspecified atom stereocenters. The van der Waals surface area contributed by atoms with Gasteiger partial charge in [0.25, 0.3) is 0 Å². The SMILES string of the molecule is CCN(CCCO)CCCCCN. The molecule has 0 radical (unpaired) electrons. The summed E-state index contributed by atoms with van der Waals surface area (Å²) in [5, 5.41) is 8.68. The monoisotopic (exact) mass is 188 g/mol. The van der Waals surface area contributed by atoms with Crippen molar-refractivity contribution in [3.8, 4) is 0 Å². The summed E-state index contributed by atoms with van der Waals surface area (Å²) in [6, 6.07) is 0. The first-order chi connectivity index (χ1) is 6.35. The van der Waals surface area contributed by atoms with E-state index in [1.54, 1.807) is 0 Å². The molecule has 3 nitrogen and oxygen atoms in total. The van der Waals surface area contributed by atoms with E-state index in [2.05, 4.69) is 11.8 Å². The third-order valence-corrected chi connectivity index (χ3v) is 2.26. The second kappa shape index (κ2) is 9.96. The van der Waals surface area contributed by atoms with Gasteiger partial charge in [-0.2, -0.15) is 0 Å². The second-order valence-electron chi connectivity index (χ2n) is 3.36. The Morgan fingerprint density at radius 1 is 1.08 bits per heavy atom. The Labute approximate surface area is 81.9 Å². The van der Waals surface area contributed by atoms with Crippen LogP contribution in [0.15, 0.2) is 0 Å². The van der Waals surface area contributed by atoms with Crippen LogP contribution in [0, 0.1) is 0 Å². The van der Waals surface area contributed by atoms with Crippen molar-refractivity contribution in [2.75, 3.05) is 32.8 Å². The number of rotatable bonds is 9. The van der Waals surface area contributed by atoms with Crippen LogP contribution in [0.5, 0.6) is 0 Å². The number of nitrogens with zero attached hydrogens (tertiary/aromatic N) is 1. The standard InChI is InChI=1S/C10H24N2O/c1-2-12(9-6-10-13)8-5-3-4-7-11/h13H,2-11H2,1H3. The van der Waals surface area contributed by atoms with Gasteiger partial charge in [0.1, 0.15) is 0 Å². The molecule has 0 aromatic carbocycles. The summed E-state index contributed by atoms with van der Waals surface area (Å²) in [5.74, 6) is 0. The van der Waals surface area contributed by atoms with E-state index in [9.17, 15) is 0 Å². The number of aliphatic hydroxyl groups is 1. The molecule has 0 fully saturated rings. The van der Waals surface area contributed by atoms with E-state index in [4.69, 9.17) is 10.8 Å². The Morgan fingerprint density at radius 2 is 1.77 bits per heavy atom. The largest absolute Gasteiger partial charge is 0.396 e. The van der Waals surface area contributed by atoms with Crippen LogP contribution in [-0.2, 0) is 0 Å². The quantitative estimate of drug-likeness (QED) is 0.527. The van der Waals surface area contributed by atoms with E-state index < -0.39 is 0 Å². The molecule has 0 aromatic heterocycles. The molecule has 0 aliphatic heterocycles. The molecule has 0 aliphatic rings. The number of hydrogen-bond acceptors (Lipinski definition) is 3. The van der Waals surface area contributed by atoms with Gasteiger partial charge in [-0.05, 0) is 38.9 Å². The Bertz CT molecular complexity index is 98.9. The third kappa shape index (κ3) is 8.22. The number of hydrogen-bond donors (Lipinski definition) is 2. The number of aliphatic hydroxyl groups excluding tert-OH is 1. The van der Waals surface area contributed by atoms with E-state index in [1.165, 1.54) is 12.8 Å². The highest BCUT2D eigenvalue weighted by atomic mass is 16.3. The van der Waals surface area contributed by atoms with Gasteiger partial charge >= 0.3 is 0 Å². The third-order valence-electron chi connectivity index (χ3n) is 2.26. The summed E-state index contributed by atoms with van der Waals surface area (Å²) < 4.78 is 0. The minimum Gasteiger partial charge on any atom is -0.396 e. The lowest BCUT2D eigenvalue weighted by Gasteiger charge is -2.19. The van der Waals surface area contributed by atoms with Crippen molar-refractivity contribution >= 4 is 0 Å². The van der Waals surface area contributed by atoms with E-state index in [-0.39, 0.29) is 0 Å². The molecule has 0 rings (SSSR count). The smallest absolute Gasteiger partial charge is 0.0443 e. The molecule has 80 valence electrons. The first-order valence-electron chi connectivity index (χ1n) is 5.38. The first kappa shape index (κ1) is 12.9. The van der Waals surface area contributed by atoms with Crippen LogP contribution in [-0.4, -0.2) is 42.8 Å². The maximum absolute atomic E-state index is 8.68. The molecule has 0 amide bonds. The molecule has 0 bridgehead atoms. The maximum Gasteiger partial charge on any atom is 0.0443 e. The van der Waals surface area contributed by atoms with Gasteiger partial charge in [-0.15, -0.1) is 0 Å². The lowest BCUT2D eigenvalue weighted by Crippen LogP contribution is -2.26. The summed E-state index contributed by atoms with van der Waals surface area (Å²) in [6.45, 7) is 6.54. The lowest BCUT2D eigenvalue weighted by molar-refractivity contribution is 0.227. The van der Waals surface area contributed by atoms with Crippen molar-refractivity contribution in [2.24, 2.45) is 5.73 Å². The molecule has 0 aliphatic carbocycles. The number of nitrogens with two attached hydrogens (primary N) is 1. The zero-order valence-corrected chi connectivity index (χ0v) is 8.84. The van der Waals surface area contributed by atoms with Crippen LogP contribution in [0.1, 0.15) is 32.6 Å². The summed E-state index contributed by atoms with van der Waals surface area (Å²) >= 11 is 0. The molecule has 0 saturated heterocycles. The van der Waals surface area contributed by atoms with Gasteiger partial charge in [0.15, 0.2) is 0 Å². The van der Waals surface area contributed by atoms with Crippen molar-refractivity contribution < 1.29 is 5.11 Å². The van der Waals surface area contributed by atoms with Crippen LogP contribution in [0.3, 0.4) is 0 Å². The molecule has 0 spiro atoms. The summed E-state index contributed by atoms with van der Waals surface area (Å²) in [7, 11) is 0. The summed E-state index contributed by atoms with van der Waals surface area (Å²) in [4.78, 5) is 2.38. The van der Waals surface area contributed by atoms with E-state index >= 15 is 0 Å². The Morgan fingerprint density at radius 3 is 2.31 bits per heavy atom. The molecule has 3 heteroatoms. The van der Waals surface area contributed by atoms with Crippen molar-refractivity contribution in [1.29, 1.82) is 0 Å². The van der Waals surface area contributed by atoms with Gasteiger partial charge in [-0.25, -0.2) is 0 Å². The van der Waals surface area contributed by atoms with Crippen molar-refractivity contribution in [3.63, 3.8) is 0 Å². The van der Waals surface area contributed by atoms with Crippen LogP contribution in [0.2, 0.25) is 0 Å². The topological polar surface area (TPSA) is 49.5 Å². The van der Waals surface area contributed by atoms with Crippen LogP contribution < -0.4 is 5.73 Å². The molecule has 3 N–H and O–H groups in total. The predicted octanol–water partition coefficient (Wildman–Crippen LogP) is 0.820. The van der Waals surface area contributed by atoms with Gasteiger partial charge < -0.3 is 15.7 Å². The second-order valence-corrected chi connectivity index (χ2v) is 3.36. The molecule has 13 heavy (non-hydrogen) atoms. The molecule has 0 aromatic rings. The van der Waals surface area contributed by atoms with Gasteiger partial charge in [-0.3, -0.25) is 0 Å². The van der Waals surface area contributed by atoms with Crippen molar-refractivity contribution in [3.05, 3.63) is 0 Å². The predicted molar refractivity (Wildman–Crippen MR) is 56.7 cm³/mol. The zero-order valence-electron chi connectivity index (χ0n) is 8.84. The Kier molecular flexibility index (Phi) is 9.87. The van der Waals surface area contributed by atoms with Crippen molar-refractivity contribution in [1.82, 2.24) is 4.90 Å². The van der Waals surface area contributed by atoms with Gasteiger partial charge in [0.05, 0.1) is 0 Å². The van der Waals surface area contributed by atoms with E-state index in [1.807, 2.05) is 0 Å². The molecule has 0 heterocycles. The highest BCUT2D eigenvalue weighted by molar-refractivity contribution is 4.55. The fraction of sp³-hybridized carbons (Fsp3) is 1.00. The minimum atomic E-state index is 0.305. The zero-order chi connectivity index (χ0) is 9.94. The minimum absolute atomic E-state index is 0.305. The normalized spacial score (nSPS) is 11.1. The Hall–Kier alpha value is -0.120. The first-order valence-corrected chi connectivity index (χ1v) is 5.38. The molecule has 0 saturated carbocycles. The molecular formula is C10H24N2O. The van der Waals surface area contributed by atoms with Crippen LogP contribution in [0.25, 0.3) is 0 Å².